The third-order valence-corrected chi connectivity index (χ3v) is 5.19. The molecule has 122 valence electrons. The number of hydrogen-bond acceptors (Lipinski definition) is 5. The Morgan fingerprint density at radius 2 is 2.09 bits per heavy atom. The molecule has 6 heteroatoms. The SMILES string of the molecule is O=C(CO)Nc1cccc(NCc2cnc(C3CCCC3)s2)c1. The lowest BCUT2D eigenvalue weighted by atomic mass is 10.1. The molecule has 0 saturated heterocycles. The minimum absolute atomic E-state index is 0.411. The first-order valence-corrected chi connectivity index (χ1v) is 8.75. The van der Waals surface area contributed by atoms with Gasteiger partial charge in [-0.25, -0.2) is 4.98 Å². The van der Waals surface area contributed by atoms with Crippen molar-refractivity contribution in [2.24, 2.45) is 0 Å². The van der Waals surface area contributed by atoms with E-state index < -0.39 is 12.5 Å². The molecule has 0 aliphatic heterocycles. The normalized spacial score (nSPS) is 14.8. The fraction of sp³-hybridized carbons (Fsp3) is 0.412. The van der Waals surface area contributed by atoms with Crippen molar-refractivity contribution in [3.05, 3.63) is 40.3 Å². The van der Waals surface area contributed by atoms with E-state index >= 15 is 0 Å². The van der Waals surface area contributed by atoms with Crippen LogP contribution in [0.3, 0.4) is 0 Å². The molecule has 1 amide bonds. The highest BCUT2D eigenvalue weighted by atomic mass is 32.1. The number of thiazole rings is 1. The van der Waals surface area contributed by atoms with Gasteiger partial charge < -0.3 is 15.7 Å². The van der Waals surface area contributed by atoms with Crippen LogP contribution in [-0.2, 0) is 11.3 Å². The Kier molecular flexibility index (Phi) is 5.25. The number of aliphatic hydroxyl groups is 1. The summed E-state index contributed by atoms with van der Waals surface area (Å²) < 4.78 is 0. The van der Waals surface area contributed by atoms with Gasteiger partial charge in [-0.2, -0.15) is 0 Å². The van der Waals surface area contributed by atoms with Crippen LogP contribution in [0.4, 0.5) is 11.4 Å². The van der Waals surface area contributed by atoms with Crippen LogP contribution in [0.5, 0.6) is 0 Å². The van der Waals surface area contributed by atoms with Crippen LogP contribution < -0.4 is 10.6 Å². The van der Waals surface area contributed by atoms with E-state index in [9.17, 15) is 4.79 Å². The fourth-order valence-electron chi connectivity index (χ4n) is 2.86. The van der Waals surface area contributed by atoms with Crippen LogP contribution in [0.15, 0.2) is 30.5 Å². The highest BCUT2D eigenvalue weighted by Gasteiger charge is 2.19. The summed E-state index contributed by atoms with van der Waals surface area (Å²) in [4.78, 5) is 17.0. The van der Waals surface area contributed by atoms with Gasteiger partial charge in [0, 0.05) is 28.4 Å². The second-order valence-electron chi connectivity index (χ2n) is 5.79. The number of benzene rings is 1. The van der Waals surface area contributed by atoms with Gasteiger partial charge in [0.1, 0.15) is 6.61 Å². The van der Waals surface area contributed by atoms with Crippen molar-refractivity contribution in [3.63, 3.8) is 0 Å². The molecule has 1 aliphatic rings. The van der Waals surface area contributed by atoms with Crippen molar-refractivity contribution >= 4 is 28.6 Å². The van der Waals surface area contributed by atoms with Gasteiger partial charge in [-0.05, 0) is 31.0 Å². The fourth-order valence-corrected chi connectivity index (χ4v) is 3.89. The zero-order valence-corrected chi connectivity index (χ0v) is 13.7. The van der Waals surface area contributed by atoms with E-state index in [1.165, 1.54) is 35.6 Å². The minimum atomic E-state index is -0.511. The molecule has 3 rings (SSSR count). The van der Waals surface area contributed by atoms with Gasteiger partial charge in [-0.3, -0.25) is 4.79 Å². The molecule has 0 unspecified atom stereocenters. The summed E-state index contributed by atoms with van der Waals surface area (Å²) in [6.07, 6.45) is 7.15. The number of carbonyl (C=O) groups is 1. The van der Waals surface area contributed by atoms with E-state index in [1.54, 1.807) is 17.4 Å². The van der Waals surface area contributed by atoms with Gasteiger partial charge in [0.25, 0.3) is 0 Å². The summed E-state index contributed by atoms with van der Waals surface area (Å²) in [6.45, 7) is 0.213. The number of amides is 1. The maximum atomic E-state index is 11.2. The summed E-state index contributed by atoms with van der Waals surface area (Å²) in [6, 6.07) is 7.47. The van der Waals surface area contributed by atoms with Crippen LogP contribution in [0.2, 0.25) is 0 Å². The lowest BCUT2D eigenvalue weighted by Gasteiger charge is -2.08. The van der Waals surface area contributed by atoms with Crippen molar-refractivity contribution in [1.82, 2.24) is 4.98 Å². The zero-order valence-electron chi connectivity index (χ0n) is 12.9. The number of nitrogens with one attached hydrogen (secondary N) is 2. The van der Waals surface area contributed by atoms with E-state index in [2.05, 4.69) is 15.6 Å². The monoisotopic (exact) mass is 331 g/mol. The molecule has 1 fully saturated rings. The molecular weight excluding hydrogens is 310 g/mol. The predicted octanol–water partition coefficient (Wildman–Crippen LogP) is 3.34. The molecule has 1 aliphatic carbocycles. The van der Waals surface area contributed by atoms with Gasteiger partial charge in [-0.15, -0.1) is 11.3 Å². The van der Waals surface area contributed by atoms with Gasteiger partial charge in [0.2, 0.25) is 5.91 Å². The lowest BCUT2D eigenvalue weighted by molar-refractivity contribution is -0.118. The van der Waals surface area contributed by atoms with Gasteiger partial charge in [0.15, 0.2) is 0 Å². The Balaban J connectivity index is 1.57. The third-order valence-electron chi connectivity index (χ3n) is 4.03. The summed E-state index contributed by atoms with van der Waals surface area (Å²) in [5.74, 6) is 0.247. The van der Waals surface area contributed by atoms with Gasteiger partial charge in [-0.1, -0.05) is 18.9 Å². The summed E-state index contributed by atoms with van der Waals surface area (Å²) in [5, 5.41) is 16.0. The average molecular weight is 331 g/mol. The Bertz CT molecular complexity index is 665. The predicted molar refractivity (Wildman–Crippen MR) is 92.8 cm³/mol. The van der Waals surface area contributed by atoms with E-state index in [0.717, 1.165) is 12.2 Å². The number of nitrogens with zero attached hydrogens (tertiary/aromatic N) is 1. The number of aliphatic hydroxyl groups excluding tert-OH is 1. The second kappa shape index (κ2) is 7.57. The molecule has 0 radical (unpaired) electrons. The molecule has 23 heavy (non-hydrogen) atoms. The average Bonchev–Trinajstić information content (AvgIpc) is 3.24. The van der Waals surface area contributed by atoms with Crippen molar-refractivity contribution in [2.75, 3.05) is 17.2 Å². The summed E-state index contributed by atoms with van der Waals surface area (Å²) in [5.41, 5.74) is 1.60. The number of aromatic nitrogens is 1. The maximum Gasteiger partial charge on any atom is 0.250 e. The second-order valence-corrected chi connectivity index (χ2v) is 6.93. The van der Waals surface area contributed by atoms with Crippen molar-refractivity contribution in [2.45, 2.75) is 38.1 Å². The first-order chi connectivity index (χ1) is 11.2. The molecule has 0 bridgehead atoms. The van der Waals surface area contributed by atoms with E-state index in [4.69, 9.17) is 5.11 Å². The number of hydrogen-bond donors (Lipinski definition) is 3. The number of rotatable bonds is 6. The van der Waals surface area contributed by atoms with Crippen molar-refractivity contribution in [3.8, 4) is 0 Å². The van der Waals surface area contributed by atoms with E-state index in [1.807, 2.05) is 24.4 Å². The molecule has 0 atom stereocenters. The van der Waals surface area contributed by atoms with Gasteiger partial charge >= 0.3 is 0 Å². The molecular formula is C17H21N3O2S. The molecule has 1 saturated carbocycles. The minimum Gasteiger partial charge on any atom is -0.387 e. The van der Waals surface area contributed by atoms with Gasteiger partial charge in [0.05, 0.1) is 11.6 Å². The Labute approximate surface area is 139 Å². The molecule has 2 aromatic rings. The lowest BCUT2D eigenvalue weighted by Crippen LogP contribution is -2.15. The number of carbonyl (C=O) groups excluding carboxylic acids is 1. The van der Waals surface area contributed by atoms with Crippen LogP contribution in [0, 0.1) is 0 Å². The maximum absolute atomic E-state index is 11.2. The topological polar surface area (TPSA) is 74.2 Å². The van der Waals surface area contributed by atoms with Crippen LogP contribution >= 0.6 is 11.3 Å². The van der Waals surface area contributed by atoms with E-state index in [-0.39, 0.29) is 0 Å². The smallest absolute Gasteiger partial charge is 0.250 e. The molecule has 5 nitrogen and oxygen atoms in total. The Hall–Kier alpha value is -1.92. The Morgan fingerprint density at radius 3 is 2.87 bits per heavy atom. The first kappa shape index (κ1) is 16.0. The van der Waals surface area contributed by atoms with Crippen LogP contribution in [-0.4, -0.2) is 22.6 Å². The molecule has 1 aromatic carbocycles. The van der Waals surface area contributed by atoms with Crippen LogP contribution in [0.1, 0.15) is 41.5 Å². The number of anilines is 2. The zero-order chi connectivity index (χ0) is 16.1. The summed E-state index contributed by atoms with van der Waals surface area (Å²) in [7, 11) is 0. The highest BCUT2D eigenvalue weighted by molar-refractivity contribution is 7.11. The van der Waals surface area contributed by atoms with Crippen LogP contribution in [0.25, 0.3) is 0 Å². The molecule has 3 N–H and O–H groups in total. The quantitative estimate of drug-likeness (QED) is 0.759. The van der Waals surface area contributed by atoms with Crippen molar-refractivity contribution in [1.29, 1.82) is 0 Å². The Morgan fingerprint density at radius 1 is 1.30 bits per heavy atom. The summed E-state index contributed by atoms with van der Waals surface area (Å²) >= 11 is 1.79. The molecule has 1 heterocycles. The molecule has 1 aromatic heterocycles. The highest BCUT2D eigenvalue weighted by Crippen LogP contribution is 2.36. The molecule has 0 spiro atoms. The van der Waals surface area contributed by atoms with E-state index in [0.29, 0.717) is 11.6 Å². The van der Waals surface area contributed by atoms with Crippen molar-refractivity contribution < 1.29 is 9.90 Å². The standard InChI is InChI=1S/C17H21N3O2S/c21-11-16(22)20-14-7-3-6-13(8-14)18-9-15-10-19-17(23-15)12-4-1-2-5-12/h3,6-8,10,12,18,21H,1-2,4-5,9,11H2,(H,20,22). The third kappa shape index (κ3) is 4.30. The largest absolute Gasteiger partial charge is 0.387 e. The first-order valence-electron chi connectivity index (χ1n) is 7.94.